The summed E-state index contributed by atoms with van der Waals surface area (Å²) in [6.45, 7) is 3.87. The Morgan fingerprint density at radius 3 is 2.56 bits per heavy atom. The van der Waals surface area contributed by atoms with Crippen LogP contribution in [0.25, 0.3) is 0 Å². The van der Waals surface area contributed by atoms with Crippen molar-refractivity contribution in [3.63, 3.8) is 0 Å². The van der Waals surface area contributed by atoms with Crippen molar-refractivity contribution in [2.45, 2.75) is 32.6 Å². The molecule has 0 saturated carbocycles. The molecule has 0 spiro atoms. The van der Waals surface area contributed by atoms with Crippen LogP contribution in [-0.2, 0) is 4.79 Å². The molecule has 1 aromatic rings. The van der Waals surface area contributed by atoms with Crippen molar-refractivity contribution in [2.24, 2.45) is 5.92 Å². The van der Waals surface area contributed by atoms with Crippen molar-refractivity contribution < 1.29 is 4.79 Å². The Morgan fingerprint density at radius 1 is 1.39 bits per heavy atom. The van der Waals surface area contributed by atoms with Crippen LogP contribution in [0.4, 0.5) is 0 Å². The van der Waals surface area contributed by atoms with Crippen LogP contribution in [0.2, 0.25) is 10.0 Å². The number of nitrogens with zero attached hydrogens (tertiary/aromatic N) is 1. The number of ketones is 1. The molecular weight excluding hydrogens is 269 g/mol. The first-order valence-corrected chi connectivity index (χ1v) is 6.65. The van der Waals surface area contributed by atoms with Crippen molar-refractivity contribution in [1.29, 1.82) is 5.26 Å². The van der Waals surface area contributed by atoms with E-state index in [1.54, 1.807) is 18.2 Å². The van der Waals surface area contributed by atoms with Gasteiger partial charge in [0.05, 0.1) is 16.1 Å². The van der Waals surface area contributed by atoms with Gasteiger partial charge in [-0.1, -0.05) is 49.5 Å². The fourth-order valence-electron chi connectivity index (χ4n) is 1.85. The molecule has 0 bridgehead atoms. The molecule has 0 aliphatic carbocycles. The van der Waals surface area contributed by atoms with Crippen LogP contribution in [0, 0.1) is 17.2 Å². The van der Waals surface area contributed by atoms with E-state index >= 15 is 0 Å². The van der Waals surface area contributed by atoms with Gasteiger partial charge >= 0.3 is 0 Å². The van der Waals surface area contributed by atoms with Crippen LogP contribution < -0.4 is 0 Å². The topological polar surface area (TPSA) is 40.9 Å². The summed E-state index contributed by atoms with van der Waals surface area (Å²) < 4.78 is 0. The third kappa shape index (κ3) is 3.48. The van der Waals surface area contributed by atoms with Gasteiger partial charge in [0.2, 0.25) is 0 Å². The van der Waals surface area contributed by atoms with Gasteiger partial charge in [0.25, 0.3) is 0 Å². The average Bonchev–Trinajstić information content (AvgIpc) is 2.34. The zero-order valence-corrected chi connectivity index (χ0v) is 11.9. The monoisotopic (exact) mass is 283 g/mol. The molecule has 4 heteroatoms. The lowest BCUT2D eigenvalue weighted by atomic mass is 9.87. The Labute approximate surface area is 118 Å². The van der Waals surface area contributed by atoms with Crippen molar-refractivity contribution in [3.8, 4) is 6.07 Å². The molecule has 2 unspecified atom stereocenters. The van der Waals surface area contributed by atoms with Crippen LogP contribution in [0.3, 0.4) is 0 Å². The van der Waals surface area contributed by atoms with Crippen molar-refractivity contribution in [2.75, 3.05) is 0 Å². The van der Waals surface area contributed by atoms with E-state index in [1.165, 1.54) is 0 Å². The minimum absolute atomic E-state index is 0.0576. The number of rotatable bonds is 5. The lowest BCUT2D eigenvalue weighted by molar-refractivity contribution is -0.122. The molecule has 0 aromatic heterocycles. The molecule has 18 heavy (non-hydrogen) atoms. The number of carbonyl (C=O) groups is 1. The number of halogens is 2. The van der Waals surface area contributed by atoms with Crippen LogP contribution >= 0.6 is 23.2 Å². The first-order chi connectivity index (χ1) is 8.51. The molecule has 1 rings (SSSR count). The largest absolute Gasteiger partial charge is 0.298 e. The first-order valence-electron chi connectivity index (χ1n) is 5.89. The van der Waals surface area contributed by atoms with Gasteiger partial charge in [0.1, 0.15) is 5.92 Å². The van der Waals surface area contributed by atoms with Gasteiger partial charge in [0, 0.05) is 5.92 Å². The fraction of sp³-hybridized carbons (Fsp3) is 0.429. The van der Waals surface area contributed by atoms with Gasteiger partial charge in [-0.05, 0) is 24.1 Å². The zero-order valence-electron chi connectivity index (χ0n) is 10.4. The lowest BCUT2D eigenvalue weighted by Crippen LogP contribution is -2.19. The molecule has 0 amide bonds. The highest BCUT2D eigenvalue weighted by atomic mass is 35.5. The number of Topliss-reactive ketones (excluding diaryl/α,β-unsaturated/α-hetero) is 1. The summed E-state index contributed by atoms with van der Waals surface area (Å²) in [6.07, 6.45) is 1.71. The van der Waals surface area contributed by atoms with E-state index in [0.717, 1.165) is 12.8 Å². The molecule has 0 N–H and O–H groups in total. The van der Waals surface area contributed by atoms with Crippen LogP contribution in [-0.4, -0.2) is 5.78 Å². The third-order valence-corrected chi connectivity index (χ3v) is 3.64. The van der Waals surface area contributed by atoms with Gasteiger partial charge in [-0.15, -0.1) is 0 Å². The first kappa shape index (κ1) is 15.0. The Hall–Kier alpha value is -1.04. The van der Waals surface area contributed by atoms with E-state index in [0.29, 0.717) is 15.6 Å². The maximum Gasteiger partial charge on any atom is 0.157 e. The summed E-state index contributed by atoms with van der Waals surface area (Å²) in [4.78, 5) is 12.2. The van der Waals surface area contributed by atoms with E-state index in [-0.39, 0.29) is 11.7 Å². The fourth-order valence-corrected chi connectivity index (χ4v) is 2.16. The molecule has 96 valence electrons. The molecule has 0 fully saturated rings. The van der Waals surface area contributed by atoms with Gasteiger partial charge in [0.15, 0.2) is 5.78 Å². The second kappa shape index (κ2) is 6.78. The SMILES string of the molecule is CCCC(C)C(=O)C(C#N)c1ccc(Cl)c(Cl)c1. The number of hydrogen-bond acceptors (Lipinski definition) is 2. The minimum Gasteiger partial charge on any atom is -0.298 e. The highest BCUT2D eigenvalue weighted by Crippen LogP contribution is 2.28. The zero-order chi connectivity index (χ0) is 13.7. The smallest absolute Gasteiger partial charge is 0.157 e. The van der Waals surface area contributed by atoms with E-state index in [9.17, 15) is 10.1 Å². The van der Waals surface area contributed by atoms with E-state index < -0.39 is 5.92 Å². The summed E-state index contributed by atoms with van der Waals surface area (Å²) >= 11 is 11.7. The number of benzene rings is 1. The van der Waals surface area contributed by atoms with E-state index in [1.807, 2.05) is 13.8 Å². The van der Waals surface area contributed by atoms with Crippen LogP contribution in [0.5, 0.6) is 0 Å². The maximum absolute atomic E-state index is 12.2. The van der Waals surface area contributed by atoms with Crippen LogP contribution in [0.15, 0.2) is 18.2 Å². The molecule has 0 radical (unpaired) electrons. The molecule has 2 atom stereocenters. The van der Waals surface area contributed by atoms with Crippen molar-refractivity contribution >= 4 is 29.0 Å². The van der Waals surface area contributed by atoms with E-state index in [4.69, 9.17) is 23.2 Å². The summed E-state index contributed by atoms with van der Waals surface area (Å²) in [5.41, 5.74) is 0.611. The summed E-state index contributed by atoms with van der Waals surface area (Å²) in [7, 11) is 0. The second-order valence-corrected chi connectivity index (χ2v) is 5.14. The van der Waals surface area contributed by atoms with Crippen molar-refractivity contribution in [1.82, 2.24) is 0 Å². The standard InChI is InChI=1S/C14H15Cl2NO/c1-3-4-9(2)14(18)11(8-17)10-5-6-12(15)13(16)7-10/h5-7,9,11H,3-4H2,1-2H3. The minimum atomic E-state index is -0.763. The molecule has 0 saturated heterocycles. The van der Waals surface area contributed by atoms with E-state index in [2.05, 4.69) is 6.07 Å². The average molecular weight is 284 g/mol. The van der Waals surface area contributed by atoms with Gasteiger partial charge in [-0.2, -0.15) is 5.26 Å². The predicted molar refractivity (Wildman–Crippen MR) is 73.9 cm³/mol. The Bertz CT molecular complexity index is 479. The quantitative estimate of drug-likeness (QED) is 0.792. The highest BCUT2D eigenvalue weighted by molar-refractivity contribution is 6.42. The molecule has 0 aliphatic heterocycles. The van der Waals surface area contributed by atoms with Crippen LogP contribution in [0.1, 0.15) is 38.2 Å². The van der Waals surface area contributed by atoms with Gasteiger partial charge in [-0.25, -0.2) is 0 Å². The summed E-state index contributed by atoms with van der Waals surface area (Å²) in [5, 5.41) is 9.97. The van der Waals surface area contributed by atoms with Gasteiger partial charge < -0.3 is 0 Å². The summed E-state index contributed by atoms with van der Waals surface area (Å²) in [5.74, 6) is -0.937. The number of nitriles is 1. The van der Waals surface area contributed by atoms with Crippen molar-refractivity contribution in [3.05, 3.63) is 33.8 Å². The second-order valence-electron chi connectivity index (χ2n) is 4.33. The lowest BCUT2D eigenvalue weighted by Gasteiger charge is -2.14. The number of carbonyl (C=O) groups excluding carboxylic acids is 1. The maximum atomic E-state index is 12.2. The Kier molecular flexibility index (Phi) is 5.65. The molecule has 0 heterocycles. The molecule has 0 aliphatic rings. The molecule has 2 nitrogen and oxygen atoms in total. The summed E-state index contributed by atoms with van der Waals surface area (Å²) in [6, 6.07) is 6.94. The third-order valence-electron chi connectivity index (χ3n) is 2.90. The predicted octanol–water partition coefficient (Wildman–Crippen LogP) is 4.61. The normalized spacial score (nSPS) is 13.7. The Balaban J connectivity index is 3.00. The molecule has 1 aromatic carbocycles. The Morgan fingerprint density at radius 2 is 2.06 bits per heavy atom. The number of hydrogen-bond donors (Lipinski definition) is 0. The van der Waals surface area contributed by atoms with Gasteiger partial charge in [-0.3, -0.25) is 4.79 Å². The highest BCUT2D eigenvalue weighted by Gasteiger charge is 2.25. The molecular formula is C14H15Cl2NO.